The maximum Gasteiger partial charge on any atom is 0.350 e. The summed E-state index contributed by atoms with van der Waals surface area (Å²) in [5.74, 6) is -4.25. The van der Waals surface area contributed by atoms with E-state index in [1.54, 1.807) is 18.2 Å². The van der Waals surface area contributed by atoms with Crippen molar-refractivity contribution in [1.82, 2.24) is 0 Å². The lowest BCUT2D eigenvalue weighted by molar-refractivity contribution is -0.277. The number of aliphatic hydroxyl groups excluding tert-OH is 7. The van der Waals surface area contributed by atoms with E-state index in [1.165, 1.54) is 48.6 Å². The molecular formula is C40H42O19. The molecule has 2 aliphatic heterocycles. The van der Waals surface area contributed by atoms with Crippen molar-refractivity contribution >= 4 is 23.8 Å². The first kappa shape index (κ1) is 43.1. The zero-order chi connectivity index (χ0) is 42.6. The second-order valence-corrected chi connectivity index (χ2v) is 13.9. The molecule has 2 saturated heterocycles. The monoisotopic (exact) mass is 826 g/mol. The summed E-state index contributed by atoms with van der Waals surface area (Å²) in [5.41, 5.74) is -2.92. The number of ketones is 1. The second kappa shape index (κ2) is 18.2. The molecule has 0 saturated carbocycles. The van der Waals surface area contributed by atoms with Gasteiger partial charge in [-0.15, -0.1) is 0 Å². The smallest absolute Gasteiger partial charge is 0.350 e. The molecule has 0 aromatic heterocycles. The Bertz CT molecular complexity index is 2050. The molecule has 10 N–H and O–H groups in total. The highest BCUT2D eigenvalue weighted by atomic mass is 16.7. The topological polar surface area (TPSA) is 309 Å². The molecule has 6 rings (SSSR count). The van der Waals surface area contributed by atoms with Crippen molar-refractivity contribution in [3.8, 4) is 23.0 Å². The number of hydrogen-bond donors (Lipinski definition) is 10. The Balaban J connectivity index is 1.14. The first-order chi connectivity index (χ1) is 28.1. The number of phenols is 2. The quantitative estimate of drug-likeness (QED) is 0.0439. The summed E-state index contributed by atoms with van der Waals surface area (Å²) in [6.45, 7) is -2.01. The average Bonchev–Trinajstić information content (AvgIpc) is 3.23. The molecule has 2 fully saturated rings. The molecule has 316 valence electrons. The van der Waals surface area contributed by atoms with Crippen molar-refractivity contribution < 1.29 is 93.9 Å². The van der Waals surface area contributed by atoms with Gasteiger partial charge in [-0.1, -0.05) is 24.3 Å². The Morgan fingerprint density at radius 2 is 1.34 bits per heavy atom. The molecule has 0 radical (unpaired) electrons. The Morgan fingerprint density at radius 3 is 2.00 bits per heavy atom. The molecule has 11 atom stereocenters. The first-order valence-corrected chi connectivity index (χ1v) is 18.1. The number of benzene rings is 3. The number of allylic oxidation sites excluding steroid dienone is 1. The number of aromatic hydroxyl groups is 2. The molecule has 19 nitrogen and oxygen atoms in total. The van der Waals surface area contributed by atoms with Crippen LogP contribution in [0.15, 0.2) is 84.5 Å². The zero-order valence-corrected chi connectivity index (χ0v) is 30.8. The van der Waals surface area contributed by atoms with Crippen LogP contribution in [0.5, 0.6) is 23.0 Å². The van der Waals surface area contributed by atoms with Gasteiger partial charge in [0.2, 0.25) is 24.0 Å². The molecule has 59 heavy (non-hydrogen) atoms. The van der Waals surface area contributed by atoms with E-state index in [0.717, 1.165) is 18.2 Å². The van der Waals surface area contributed by atoms with Gasteiger partial charge < -0.3 is 79.5 Å². The Kier molecular flexibility index (Phi) is 13.3. The molecule has 0 amide bonds. The fourth-order valence-corrected chi connectivity index (χ4v) is 6.43. The summed E-state index contributed by atoms with van der Waals surface area (Å²) in [5, 5.41) is 104. The number of Topliss-reactive ketones (excluding diaryl/α,β-unsaturated/α-hetero) is 1. The highest BCUT2D eigenvalue weighted by Gasteiger charge is 2.48. The van der Waals surface area contributed by atoms with Gasteiger partial charge in [0.15, 0.2) is 0 Å². The lowest BCUT2D eigenvalue weighted by Crippen LogP contribution is -2.60. The number of carbonyl (C=O) groups excluding carboxylic acids is 3. The minimum absolute atomic E-state index is 0.000712. The third-order valence-electron chi connectivity index (χ3n) is 9.76. The SMILES string of the molecule is O=C(OC[C@H]1O[C@@H](Oc2ccc(O)cc2COC(=O)[C@@]2(O)C=CC/C(=C\c3cc(O)ccc3O[C@@H]3O[C@H](CO)[C@@H](O)[C@H](O)[C@H]3O)C2=O)[C@H](O)[C@@H](O)[C@@H]1O)c1ccccc1. The van der Waals surface area contributed by atoms with Crippen LogP contribution in [0, 0.1) is 0 Å². The fraction of sp³-hybridized carbons (Fsp3) is 0.375. The zero-order valence-electron chi connectivity index (χ0n) is 30.8. The van der Waals surface area contributed by atoms with Crippen LogP contribution in [0.25, 0.3) is 6.08 Å². The molecule has 1 aliphatic carbocycles. The van der Waals surface area contributed by atoms with Gasteiger partial charge in [-0.2, -0.15) is 0 Å². The van der Waals surface area contributed by atoms with Gasteiger partial charge in [0.05, 0.1) is 12.2 Å². The van der Waals surface area contributed by atoms with Crippen molar-refractivity contribution in [2.45, 2.75) is 80.0 Å². The minimum atomic E-state index is -2.88. The second-order valence-electron chi connectivity index (χ2n) is 13.9. The van der Waals surface area contributed by atoms with E-state index in [4.69, 9.17) is 28.4 Å². The number of hydrogen-bond acceptors (Lipinski definition) is 19. The van der Waals surface area contributed by atoms with Crippen LogP contribution in [0.3, 0.4) is 0 Å². The molecule has 0 spiro atoms. The van der Waals surface area contributed by atoms with Gasteiger partial charge in [-0.3, -0.25) is 4.79 Å². The van der Waals surface area contributed by atoms with E-state index < -0.39 is 105 Å². The Labute approximate surface area is 334 Å². The predicted octanol–water partition coefficient (Wildman–Crippen LogP) is -1.29. The largest absolute Gasteiger partial charge is 0.508 e. The molecule has 3 aliphatic rings. The molecule has 2 heterocycles. The summed E-state index contributed by atoms with van der Waals surface area (Å²) in [7, 11) is 0. The predicted molar refractivity (Wildman–Crippen MR) is 196 cm³/mol. The van der Waals surface area contributed by atoms with Gasteiger partial charge in [0.25, 0.3) is 0 Å². The number of rotatable bonds is 12. The molecule has 19 heteroatoms. The van der Waals surface area contributed by atoms with Gasteiger partial charge >= 0.3 is 11.9 Å². The Morgan fingerprint density at radius 1 is 0.746 bits per heavy atom. The van der Waals surface area contributed by atoms with E-state index in [0.29, 0.717) is 0 Å². The molecule has 3 aromatic rings. The van der Waals surface area contributed by atoms with Crippen LogP contribution >= 0.6 is 0 Å². The molecule has 0 bridgehead atoms. The van der Waals surface area contributed by atoms with Crippen molar-refractivity contribution in [3.63, 3.8) is 0 Å². The summed E-state index contributed by atoms with van der Waals surface area (Å²) in [6, 6.07) is 15.0. The lowest BCUT2D eigenvalue weighted by atomic mass is 9.85. The number of aliphatic hydroxyl groups is 8. The van der Waals surface area contributed by atoms with Crippen LogP contribution in [0.1, 0.15) is 27.9 Å². The molecule has 0 unspecified atom stereocenters. The van der Waals surface area contributed by atoms with E-state index >= 15 is 0 Å². The van der Waals surface area contributed by atoms with Crippen molar-refractivity contribution in [2.24, 2.45) is 0 Å². The number of ether oxygens (including phenoxy) is 6. The fourth-order valence-electron chi connectivity index (χ4n) is 6.43. The molecule has 3 aromatic carbocycles. The number of phenolic OH excluding ortho intramolecular Hbond substituents is 2. The maximum absolute atomic E-state index is 13.7. The van der Waals surface area contributed by atoms with Crippen molar-refractivity contribution in [2.75, 3.05) is 13.2 Å². The molecular weight excluding hydrogens is 784 g/mol. The number of esters is 2. The van der Waals surface area contributed by atoms with E-state index in [9.17, 15) is 65.4 Å². The van der Waals surface area contributed by atoms with Crippen molar-refractivity contribution in [1.29, 1.82) is 0 Å². The summed E-state index contributed by atoms with van der Waals surface area (Å²) < 4.78 is 33.0. The van der Waals surface area contributed by atoms with Crippen molar-refractivity contribution in [3.05, 3.63) is 101 Å². The normalized spacial score (nSPS) is 31.4. The summed E-state index contributed by atoms with van der Waals surface area (Å²) in [6.07, 6.45) is -13.3. The maximum atomic E-state index is 13.7. The van der Waals surface area contributed by atoms with Gasteiger partial charge in [-0.05, 0) is 67.1 Å². The van der Waals surface area contributed by atoms with E-state index in [1.807, 2.05) is 0 Å². The van der Waals surface area contributed by atoms with Gasteiger partial charge in [-0.25, -0.2) is 9.59 Å². The van der Waals surface area contributed by atoms with Crippen LogP contribution in [-0.4, -0.2) is 149 Å². The van der Waals surface area contributed by atoms with Crippen LogP contribution in [-0.2, 0) is 35.1 Å². The Hall–Kier alpha value is -5.45. The van der Waals surface area contributed by atoms with E-state index in [2.05, 4.69) is 0 Å². The highest BCUT2D eigenvalue weighted by molar-refractivity contribution is 6.19. The van der Waals surface area contributed by atoms with Crippen LogP contribution < -0.4 is 9.47 Å². The minimum Gasteiger partial charge on any atom is -0.508 e. The van der Waals surface area contributed by atoms with Crippen LogP contribution in [0.2, 0.25) is 0 Å². The van der Waals surface area contributed by atoms with Crippen LogP contribution in [0.4, 0.5) is 0 Å². The van der Waals surface area contributed by atoms with E-state index in [-0.39, 0.29) is 51.7 Å². The third-order valence-corrected chi connectivity index (χ3v) is 9.76. The summed E-state index contributed by atoms with van der Waals surface area (Å²) in [4.78, 5) is 39.5. The number of carbonyl (C=O) groups is 3. The standard InChI is InChI=1S/C40H42O19/c41-16-27-29(44)31(46)33(48)37(58-27)56-25-10-8-23(42)14-21(25)13-20-7-4-12-40(53,35(20)50)39(52)55-17-22-15-24(43)9-11-26(22)57-38-34(49)32(47)30(45)28(59-38)18-54-36(51)19-5-2-1-3-6-19/h1-6,8-15,27-34,37-38,41-49,53H,7,16-18H2/b20-13+/t27-,28-,29-,30-,31+,32+,33-,34-,37-,38-,40-/m1/s1. The first-order valence-electron chi connectivity index (χ1n) is 18.1. The van der Waals surface area contributed by atoms with Gasteiger partial charge in [0.1, 0.15) is 85.0 Å². The highest BCUT2D eigenvalue weighted by Crippen LogP contribution is 2.34. The average molecular weight is 827 g/mol. The van der Waals surface area contributed by atoms with Gasteiger partial charge in [0, 0.05) is 16.7 Å². The third kappa shape index (κ3) is 9.40. The summed E-state index contributed by atoms with van der Waals surface area (Å²) >= 11 is 0. The lowest BCUT2D eigenvalue weighted by Gasteiger charge is -2.40.